The molecule has 7 N–H and O–H groups in total. The van der Waals surface area contributed by atoms with Gasteiger partial charge in [-0.25, -0.2) is 0 Å². The molecule has 2 rings (SSSR count). The van der Waals surface area contributed by atoms with Crippen LogP contribution in [0, 0.1) is 0 Å². The highest BCUT2D eigenvalue weighted by Gasteiger charge is 2.50. The lowest BCUT2D eigenvalue weighted by Crippen LogP contribution is -2.64. The first-order chi connectivity index (χ1) is 16.7. The van der Waals surface area contributed by atoms with Crippen molar-refractivity contribution in [3.8, 4) is 0 Å². The van der Waals surface area contributed by atoms with Crippen LogP contribution < -0.4 is 5.32 Å². The lowest BCUT2D eigenvalue weighted by molar-refractivity contribution is -0.294. The first kappa shape index (κ1) is 28.3. The number of carbonyl (C=O) groups is 1. The molecule has 0 aromatic carbocycles. The van der Waals surface area contributed by atoms with Crippen LogP contribution in [0.2, 0.25) is 0 Å². The van der Waals surface area contributed by atoms with Crippen molar-refractivity contribution in [2.75, 3.05) is 13.2 Å². The van der Waals surface area contributed by atoms with Crippen LogP contribution in [0.1, 0.15) is 12.8 Å². The van der Waals surface area contributed by atoms with E-state index in [0.29, 0.717) is 0 Å². The predicted octanol–water partition coefficient (Wildman–Crippen LogP) is -2.16. The summed E-state index contributed by atoms with van der Waals surface area (Å²) in [4.78, 5) is 19.9. The van der Waals surface area contributed by atoms with E-state index < -0.39 is 79.7 Å². The Balaban J connectivity index is 2.20. The number of ether oxygens (including phenoxy) is 2. The van der Waals surface area contributed by atoms with Gasteiger partial charge in [0.15, 0.2) is 6.29 Å². The fourth-order valence-electron chi connectivity index (χ4n) is 3.84. The summed E-state index contributed by atoms with van der Waals surface area (Å²) in [5, 5.41) is 73.1. The standard InChI is InChI=1S/C16H26N10O9/c17-24-20-2-1-7(28)15(33)21-5-3-6(22-25-18)14(13(32)10(5)29)35-16-9(23-26-19)12(31)11(30)8(4-27)34-16/h5-14,16,27-32H,1-4H2,(H,21,33)/t5-,6+,7+,8-,9-,10+,11-,12-,13-,14-,16-/m1/s1. The van der Waals surface area contributed by atoms with E-state index in [2.05, 4.69) is 35.4 Å². The van der Waals surface area contributed by atoms with E-state index in [9.17, 15) is 35.4 Å². The second kappa shape index (κ2) is 13.2. The van der Waals surface area contributed by atoms with Crippen molar-refractivity contribution in [3.05, 3.63) is 31.3 Å². The Kier molecular flexibility index (Phi) is 10.7. The third kappa shape index (κ3) is 6.82. The molecule has 19 heteroatoms. The zero-order valence-corrected chi connectivity index (χ0v) is 18.1. The van der Waals surface area contributed by atoms with E-state index in [1.807, 2.05) is 0 Å². The van der Waals surface area contributed by atoms with Crippen molar-refractivity contribution in [2.45, 2.75) is 80.0 Å². The molecule has 35 heavy (non-hydrogen) atoms. The van der Waals surface area contributed by atoms with Crippen molar-refractivity contribution < 1.29 is 44.9 Å². The molecule has 1 aliphatic heterocycles. The zero-order chi connectivity index (χ0) is 26.1. The summed E-state index contributed by atoms with van der Waals surface area (Å²) in [6.07, 6.45) is -13.4. The van der Waals surface area contributed by atoms with Crippen LogP contribution in [0.4, 0.5) is 0 Å². The normalized spacial score (nSPS) is 37.7. The summed E-state index contributed by atoms with van der Waals surface area (Å²) in [7, 11) is 0. The molecule has 194 valence electrons. The fourth-order valence-corrected chi connectivity index (χ4v) is 3.84. The van der Waals surface area contributed by atoms with Gasteiger partial charge in [0.1, 0.15) is 36.6 Å². The number of nitrogens with one attached hydrogen (secondary N) is 1. The molecule has 0 aromatic rings. The van der Waals surface area contributed by atoms with Crippen LogP contribution in [-0.2, 0) is 14.3 Å². The van der Waals surface area contributed by atoms with Crippen molar-refractivity contribution in [1.82, 2.24) is 5.32 Å². The van der Waals surface area contributed by atoms with Gasteiger partial charge >= 0.3 is 0 Å². The van der Waals surface area contributed by atoms with Crippen LogP contribution in [0.3, 0.4) is 0 Å². The molecule has 0 radical (unpaired) electrons. The third-order valence-electron chi connectivity index (χ3n) is 5.69. The smallest absolute Gasteiger partial charge is 0.249 e. The van der Waals surface area contributed by atoms with Crippen LogP contribution in [0.5, 0.6) is 0 Å². The molecule has 1 aliphatic carbocycles. The average molecular weight is 502 g/mol. The molecule has 1 saturated carbocycles. The monoisotopic (exact) mass is 502 g/mol. The Morgan fingerprint density at radius 1 is 1.06 bits per heavy atom. The topological polar surface area (TPSA) is 315 Å². The number of azide groups is 3. The summed E-state index contributed by atoms with van der Waals surface area (Å²) in [6.45, 7) is -0.909. The van der Waals surface area contributed by atoms with Crippen LogP contribution in [0.15, 0.2) is 15.3 Å². The minimum absolute atomic E-state index is 0.165. The highest BCUT2D eigenvalue weighted by Crippen LogP contribution is 2.31. The van der Waals surface area contributed by atoms with Gasteiger partial charge in [-0.3, -0.25) is 4.79 Å². The van der Waals surface area contributed by atoms with Crippen LogP contribution in [0.25, 0.3) is 31.3 Å². The molecule has 0 bridgehead atoms. The quantitative estimate of drug-likeness (QED) is 0.0969. The van der Waals surface area contributed by atoms with E-state index in [4.69, 9.17) is 26.1 Å². The summed E-state index contributed by atoms with van der Waals surface area (Å²) in [5.74, 6) is -0.935. The van der Waals surface area contributed by atoms with Crippen molar-refractivity contribution in [1.29, 1.82) is 0 Å². The maximum absolute atomic E-state index is 12.2. The van der Waals surface area contributed by atoms with Gasteiger partial charge < -0.3 is 45.4 Å². The molecule has 0 spiro atoms. The van der Waals surface area contributed by atoms with E-state index in [1.165, 1.54) is 0 Å². The van der Waals surface area contributed by atoms with Crippen molar-refractivity contribution in [3.63, 3.8) is 0 Å². The molecule has 0 unspecified atom stereocenters. The number of rotatable bonds is 10. The Morgan fingerprint density at radius 2 is 1.74 bits per heavy atom. The molecule has 2 aliphatic rings. The molecule has 1 amide bonds. The second-order valence-electron chi connectivity index (χ2n) is 7.87. The van der Waals surface area contributed by atoms with Gasteiger partial charge in [0.25, 0.3) is 0 Å². The summed E-state index contributed by atoms with van der Waals surface area (Å²) >= 11 is 0. The van der Waals surface area contributed by atoms with E-state index in [0.717, 1.165) is 0 Å². The molecule has 19 nitrogen and oxygen atoms in total. The Labute approximate surface area is 196 Å². The predicted molar refractivity (Wildman–Crippen MR) is 112 cm³/mol. The number of aliphatic hydroxyl groups is 6. The van der Waals surface area contributed by atoms with Gasteiger partial charge in [0.2, 0.25) is 5.91 Å². The highest BCUT2D eigenvalue weighted by atomic mass is 16.7. The van der Waals surface area contributed by atoms with E-state index in [-0.39, 0.29) is 19.4 Å². The lowest BCUT2D eigenvalue weighted by atomic mass is 9.83. The maximum atomic E-state index is 12.2. The Morgan fingerprint density at radius 3 is 2.34 bits per heavy atom. The molecular formula is C16H26N10O9. The van der Waals surface area contributed by atoms with Gasteiger partial charge in [-0.05, 0) is 29.4 Å². The lowest BCUT2D eigenvalue weighted by Gasteiger charge is -2.46. The molecule has 11 atom stereocenters. The number of amides is 1. The number of hydrogen-bond acceptors (Lipinski definition) is 12. The fraction of sp³-hybridized carbons (Fsp3) is 0.938. The molecular weight excluding hydrogens is 476 g/mol. The van der Waals surface area contributed by atoms with Crippen LogP contribution >= 0.6 is 0 Å². The minimum Gasteiger partial charge on any atom is -0.394 e. The maximum Gasteiger partial charge on any atom is 0.249 e. The molecule has 1 heterocycles. The largest absolute Gasteiger partial charge is 0.394 e. The Bertz CT molecular complexity index is 878. The van der Waals surface area contributed by atoms with Gasteiger partial charge in [0.05, 0.1) is 30.9 Å². The van der Waals surface area contributed by atoms with Gasteiger partial charge in [-0.15, -0.1) is 0 Å². The average Bonchev–Trinajstić information content (AvgIpc) is 2.84. The van der Waals surface area contributed by atoms with Gasteiger partial charge in [-0.1, -0.05) is 15.3 Å². The second-order valence-corrected chi connectivity index (χ2v) is 7.87. The first-order valence-electron chi connectivity index (χ1n) is 10.4. The van der Waals surface area contributed by atoms with E-state index in [1.54, 1.807) is 0 Å². The van der Waals surface area contributed by atoms with Crippen molar-refractivity contribution >= 4 is 5.91 Å². The summed E-state index contributed by atoms with van der Waals surface area (Å²) < 4.78 is 11.0. The molecule has 2 fully saturated rings. The van der Waals surface area contributed by atoms with E-state index >= 15 is 0 Å². The van der Waals surface area contributed by atoms with Crippen LogP contribution in [-0.4, -0.2) is 117 Å². The van der Waals surface area contributed by atoms with Crippen molar-refractivity contribution in [2.24, 2.45) is 15.3 Å². The zero-order valence-electron chi connectivity index (χ0n) is 18.1. The van der Waals surface area contributed by atoms with Gasteiger partial charge in [-0.2, -0.15) is 0 Å². The number of nitrogens with zero attached hydrogens (tertiary/aromatic N) is 9. The first-order valence-corrected chi connectivity index (χ1v) is 10.4. The summed E-state index contributed by atoms with van der Waals surface area (Å²) in [5.41, 5.74) is 26.0. The molecule has 0 aromatic heterocycles. The number of carbonyl (C=O) groups excluding carboxylic acids is 1. The number of aliphatic hydroxyl groups excluding tert-OH is 6. The minimum atomic E-state index is -1.81. The third-order valence-corrected chi connectivity index (χ3v) is 5.69. The molecule has 1 saturated heterocycles. The highest BCUT2D eigenvalue weighted by molar-refractivity contribution is 5.80. The number of hydrogen-bond donors (Lipinski definition) is 7. The SMILES string of the molecule is [N-]=[N+]=NCC[C@H](O)C(=O)N[C@@H]1C[C@H](N=[N+]=[N-])[C@@H](O[C@H]2O[C@H](CO)[C@@H](O)[C@H](O)[C@H]2N=[N+]=[N-])[C@H](O)[C@H]1O. The van der Waals surface area contributed by atoms with Gasteiger partial charge in [0, 0.05) is 21.3 Å². The summed E-state index contributed by atoms with van der Waals surface area (Å²) in [6, 6.07) is -3.95. The Hall–Kier alpha value is -2.92.